The van der Waals surface area contributed by atoms with Crippen LogP contribution in [0, 0.1) is 15.9 Å². The lowest BCUT2D eigenvalue weighted by Crippen LogP contribution is -1.98. The first-order valence-electron chi connectivity index (χ1n) is 5.65. The fraction of sp³-hybridized carbons (Fsp3) is 0.0769. The molecule has 104 valence electrons. The highest BCUT2D eigenvalue weighted by atomic mass is 19.1. The third kappa shape index (κ3) is 2.77. The molecule has 0 spiro atoms. The van der Waals surface area contributed by atoms with Gasteiger partial charge in [-0.15, -0.1) is 0 Å². The minimum atomic E-state index is -0.535. The van der Waals surface area contributed by atoms with E-state index in [1.807, 2.05) is 0 Å². The number of benzene rings is 2. The molecule has 0 radical (unpaired) electrons. The Bertz CT molecular complexity index is 661. The molecule has 0 heterocycles. The summed E-state index contributed by atoms with van der Waals surface area (Å²) in [5.41, 5.74) is 6.74. The van der Waals surface area contributed by atoms with Gasteiger partial charge in [0, 0.05) is 23.9 Å². The molecule has 2 aromatic carbocycles. The lowest BCUT2D eigenvalue weighted by molar-refractivity contribution is -0.384. The van der Waals surface area contributed by atoms with Crippen LogP contribution in [0.15, 0.2) is 36.4 Å². The number of methoxy groups -OCH3 is 1. The van der Waals surface area contributed by atoms with E-state index < -0.39 is 10.7 Å². The quantitative estimate of drug-likeness (QED) is 0.509. The van der Waals surface area contributed by atoms with Gasteiger partial charge in [0.2, 0.25) is 0 Å². The summed E-state index contributed by atoms with van der Waals surface area (Å²) in [5, 5.41) is 13.5. The van der Waals surface area contributed by atoms with Gasteiger partial charge in [-0.1, -0.05) is 0 Å². The normalized spacial score (nSPS) is 10.1. The van der Waals surface area contributed by atoms with E-state index in [1.165, 1.54) is 37.4 Å². The van der Waals surface area contributed by atoms with Crippen molar-refractivity contribution >= 4 is 22.7 Å². The molecular formula is C13H12FN3O3. The number of non-ortho nitro benzene ring substituents is 1. The Labute approximate surface area is 114 Å². The van der Waals surface area contributed by atoms with Crippen LogP contribution < -0.4 is 15.8 Å². The Kier molecular flexibility index (Phi) is 3.69. The van der Waals surface area contributed by atoms with Gasteiger partial charge in [0.15, 0.2) is 11.6 Å². The minimum Gasteiger partial charge on any atom is -0.494 e. The SMILES string of the molecule is COc1ccc(Nc2ccc([N+](=O)[O-])cc2N)cc1F. The Morgan fingerprint density at radius 2 is 2.05 bits per heavy atom. The maximum Gasteiger partial charge on any atom is 0.271 e. The average Bonchev–Trinajstić information content (AvgIpc) is 2.41. The second kappa shape index (κ2) is 5.43. The largest absolute Gasteiger partial charge is 0.494 e. The van der Waals surface area contributed by atoms with Crippen molar-refractivity contribution in [2.24, 2.45) is 0 Å². The van der Waals surface area contributed by atoms with Crippen LogP contribution in [0.2, 0.25) is 0 Å². The van der Waals surface area contributed by atoms with Crippen molar-refractivity contribution in [1.29, 1.82) is 0 Å². The molecule has 0 amide bonds. The van der Waals surface area contributed by atoms with Crippen LogP contribution in [0.4, 0.5) is 27.1 Å². The maximum atomic E-state index is 13.5. The Morgan fingerprint density at radius 1 is 1.30 bits per heavy atom. The summed E-state index contributed by atoms with van der Waals surface area (Å²) >= 11 is 0. The minimum absolute atomic E-state index is 0.103. The second-order valence-electron chi connectivity index (χ2n) is 4.00. The molecular weight excluding hydrogens is 265 g/mol. The van der Waals surface area contributed by atoms with E-state index in [2.05, 4.69) is 5.32 Å². The van der Waals surface area contributed by atoms with E-state index >= 15 is 0 Å². The van der Waals surface area contributed by atoms with Gasteiger partial charge in [-0.05, 0) is 18.2 Å². The van der Waals surface area contributed by atoms with Crippen molar-refractivity contribution in [2.75, 3.05) is 18.2 Å². The van der Waals surface area contributed by atoms with Gasteiger partial charge in [0.05, 0.1) is 23.4 Å². The lowest BCUT2D eigenvalue weighted by atomic mass is 10.2. The van der Waals surface area contributed by atoms with Crippen molar-refractivity contribution in [1.82, 2.24) is 0 Å². The zero-order valence-corrected chi connectivity index (χ0v) is 10.6. The van der Waals surface area contributed by atoms with Crippen LogP contribution in [0.25, 0.3) is 0 Å². The van der Waals surface area contributed by atoms with Crippen molar-refractivity contribution < 1.29 is 14.1 Å². The summed E-state index contributed by atoms with van der Waals surface area (Å²) in [6.07, 6.45) is 0. The molecule has 2 aromatic rings. The Morgan fingerprint density at radius 3 is 2.60 bits per heavy atom. The highest BCUT2D eigenvalue weighted by Gasteiger charge is 2.10. The molecule has 20 heavy (non-hydrogen) atoms. The van der Waals surface area contributed by atoms with E-state index in [-0.39, 0.29) is 17.1 Å². The van der Waals surface area contributed by atoms with Gasteiger partial charge in [-0.2, -0.15) is 0 Å². The Hall–Kier alpha value is -2.83. The number of nitro benzene ring substituents is 1. The molecule has 0 aliphatic heterocycles. The highest BCUT2D eigenvalue weighted by molar-refractivity contribution is 5.74. The number of nitrogens with one attached hydrogen (secondary N) is 1. The molecule has 0 aliphatic carbocycles. The highest BCUT2D eigenvalue weighted by Crippen LogP contribution is 2.29. The van der Waals surface area contributed by atoms with E-state index in [9.17, 15) is 14.5 Å². The van der Waals surface area contributed by atoms with Gasteiger partial charge in [0.25, 0.3) is 5.69 Å². The molecule has 0 fully saturated rings. The molecule has 7 heteroatoms. The van der Waals surface area contributed by atoms with Gasteiger partial charge < -0.3 is 15.8 Å². The third-order valence-electron chi connectivity index (χ3n) is 2.68. The molecule has 0 atom stereocenters. The molecule has 6 nitrogen and oxygen atoms in total. The number of hydrogen-bond acceptors (Lipinski definition) is 5. The molecule has 2 rings (SSSR count). The first-order valence-corrected chi connectivity index (χ1v) is 5.65. The predicted octanol–water partition coefficient (Wildman–Crippen LogP) is 3.07. The molecule has 0 saturated carbocycles. The molecule has 0 unspecified atom stereocenters. The van der Waals surface area contributed by atoms with E-state index in [0.29, 0.717) is 11.4 Å². The van der Waals surface area contributed by atoms with Crippen molar-refractivity contribution in [2.45, 2.75) is 0 Å². The van der Waals surface area contributed by atoms with E-state index in [1.54, 1.807) is 6.07 Å². The van der Waals surface area contributed by atoms with Crippen molar-refractivity contribution in [3.8, 4) is 5.75 Å². The van der Waals surface area contributed by atoms with E-state index in [4.69, 9.17) is 10.5 Å². The van der Waals surface area contributed by atoms with Crippen molar-refractivity contribution in [3.63, 3.8) is 0 Å². The molecule has 0 bridgehead atoms. The first-order chi connectivity index (χ1) is 9.51. The number of nitro groups is 1. The monoisotopic (exact) mass is 277 g/mol. The van der Waals surface area contributed by atoms with Crippen LogP contribution in [0.5, 0.6) is 5.75 Å². The number of anilines is 3. The number of nitrogens with two attached hydrogens (primary N) is 1. The van der Waals surface area contributed by atoms with Crippen LogP contribution in [-0.4, -0.2) is 12.0 Å². The molecule has 0 aliphatic rings. The van der Waals surface area contributed by atoms with Crippen LogP contribution >= 0.6 is 0 Å². The summed E-state index contributed by atoms with van der Waals surface area (Å²) < 4.78 is 18.4. The van der Waals surface area contributed by atoms with E-state index in [0.717, 1.165) is 0 Å². The fourth-order valence-electron chi connectivity index (χ4n) is 1.68. The van der Waals surface area contributed by atoms with Gasteiger partial charge >= 0.3 is 0 Å². The van der Waals surface area contributed by atoms with Crippen LogP contribution in [-0.2, 0) is 0 Å². The van der Waals surface area contributed by atoms with Gasteiger partial charge in [-0.25, -0.2) is 4.39 Å². The summed E-state index contributed by atoms with van der Waals surface area (Å²) in [6, 6.07) is 8.36. The number of hydrogen-bond donors (Lipinski definition) is 2. The first kappa shape index (κ1) is 13.6. The van der Waals surface area contributed by atoms with Crippen LogP contribution in [0.3, 0.4) is 0 Å². The zero-order chi connectivity index (χ0) is 14.7. The average molecular weight is 277 g/mol. The van der Waals surface area contributed by atoms with Crippen LogP contribution in [0.1, 0.15) is 0 Å². The number of halogens is 1. The summed E-state index contributed by atoms with van der Waals surface area (Å²) in [7, 11) is 1.37. The van der Waals surface area contributed by atoms with Gasteiger partial charge in [0.1, 0.15) is 0 Å². The summed E-state index contributed by atoms with van der Waals surface area (Å²) in [6.45, 7) is 0. The number of rotatable bonds is 4. The number of nitrogen functional groups attached to an aromatic ring is 1. The van der Waals surface area contributed by atoms with Crippen molar-refractivity contribution in [3.05, 3.63) is 52.3 Å². The zero-order valence-electron chi connectivity index (χ0n) is 10.6. The summed E-state index contributed by atoms with van der Waals surface area (Å²) in [5.74, 6) is -0.384. The predicted molar refractivity (Wildman–Crippen MR) is 73.7 cm³/mol. The lowest BCUT2D eigenvalue weighted by Gasteiger charge is -2.10. The smallest absolute Gasteiger partial charge is 0.271 e. The second-order valence-corrected chi connectivity index (χ2v) is 4.00. The van der Waals surface area contributed by atoms with Gasteiger partial charge in [-0.3, -0.25) is 10.1 Å². The number of nitrogens with zero attached hydrogens (tertiary/aromatic N) is 1. The third-order valence-corrected chi connectivity index (χ3v) is 2.68. The summed E-state index contributed by atoms with van der Waals surface area (Å²) in [4.78, 5) is 10.1. The molecule has 0 aromatic heterocycles. The standard InChI is InChI=1S/C13H12FN3O3/c1-20-13-5-2-8(6-10(13)14)16-12-4-3-9(17(18)19)7-11(12)15/h2-7,16H,15H2,1H3. The number of ether oxygens (including phenoxy) is 1. The molecule has 0 saturated heterocycles. The maximum absolute atomic E-state index is 13.5. The fourth-order valence-corrected chi connectivity index (χ4v) is 1.68. The molecule has 3 N–H and O–H groups in total. The topological polar surface area (TPSA) is 90.4 Å². The Balaban J connectivity index is 2.26.